The van der Waals surface area contributed by atoms with Gasteiger partial charge in [-0.1, -0.05) is 48.5 Å². The van der Waals surface area contributed by atoms with Crippen LogP contribution in [0.5, 0.6) is 5.75 Å². The van der Waals surface area contributed by atoms with E-state index < -0.39 is 0 Å². The summed E-state index contributed by atoms with van der Waals surface area (Å²) in [5.41, 5.74) is 4.51. The van der Waals surface area contributed by atoms with Gasteiger partial charge in [-0.3, -0.25) is 0 Å². The Morgan fingerprint density at radius 2 is 1.50 bits per heavy atom. The van der Waals surface area contributed by atoms with Gasteiger partial charge in [0.2, 0.25) is 0 Å². The number of benzene rings is 4. The maximum absolute atomic E-state index is 13.5. The molecule has 0 aliphatic rings. The molecule has 1 unspecified atom stereocenters. The summed E-state index contributed by atoms with van der Waals surface area (Å²) in [6.07, 6.45) is 0. The summed E-state index contributed by atoms with van der Waals surface area (Å²) in [6, 6.07) is 28.0. The van der Waals surface area contributed by atoms with Gasteiger partial charge >= 0.3 is 0 Å². The number of nitrogens with one attached hydrogen (secondary N) is 1. The molecular weight excluding hydrogens is 373 g/mol. The third kappa shape index (κ3) is 4.22. The topological polar surface area (TPSA) is 21.3 Å². The minimum absolute atomic E-state index is 0.134. The lowest BCUT2D eigenvalue weighted by atomic mass is 9.93. The second-order valence-electron chi connectivity index (χ2n) is 7.68. The predicted octanol–water partition coefficient (Wildman–Crippen LogP) is 7.07. The molecule has 0 bridgehead atoms. The summed E-state index contributed by atoms with van der Waals surface area (Å²) in [7, 11) is 1.69. The summed E-state index contributed by atoms with van der Waals surface area (Å²) < 4.78 is 18.8. The first kappa shape index (κ1) is 20.1. The van der Waals surface area contributed by atoms with Gasteiger partial charge in [0.1, 0.15) is 11.6 Å². The highest BCUT2D eigenvalue weighted by atomic mass is 19.1. The molecule has 0 fully saturated rings. The molecule has 0 saturated carbocycles. The highest BCUT2D eigenvalue weighted by molar-refractivity contribution is 5.97. The zero-order valence-electron chi connectivity index (χ0n) is 17.5. The lowest BCUT2D eigenvalue weighted by molar-refractivity contribution is 0.412. The number of hydrogen-bond donors (Lipinski definition) is 1. The van der Waals surface area contributed by atoms with E-state index in [4.69, 9.17) is 4.74 Å². The first-order chi connectivity index (χ1) is 14.5. The quantitative estimate of drug-likeness (QED) is 0.374. The Kier molecular flexibility index (Phi) is 5.82. The Balaban J connectivity index is 1.68. The van der Waals surface area contributed by atoms with Crippen LogP contribution in [0, 0.1) is 5.82 Å². The van der Waals surface area contributed by atoms with Crippen molar-refractivity contribution in [3.05, 3.63) is 102 Å². The van der Waals surface area contributed by atoms with Gasteiger partial charge < -0.3 is 10.1 Å². The Hall–Kier alpha value is -3.17. The van der Waals surface area contributed by atoms with Crippen molar-refractivity contribution in [3.8, 4) is 16.9 Å². The molecule has 0 aliphatic carbocycles. The van der Waals surface area contributed by atoms with Crippen molar-refractivity contribution >= 4 is 10.8 Å². The molecule has 0 saturated heterocycles. The maximum Gasteiger partial charge on any atom is 0.123 e. The Labute approximate surface area is 177 Å². The second-order valence-corrected chi connectivity index (χ2v) is 7.68. The van der Waals surface area contributed by atoms with Crippen LogP contribution in [-0.4, -0.2) is 7.11 Å². The van der Waals surface area contributed by atoms with Crippen molar-refractivity contribution < 1.29 is 9.13 Å². The van der Waals surface area contributed by atoms with Crippen molar-refractivity contribution in [3.63, 3.8) is 0 Å². The van der Waals surface area contributed by atoms with Gasteiger partial charge in [0.05, 0.1) is 7.11 Å². The monoisotopic (exact) mass is 399 g/mol. The number of hydrogen-bond acceptors (Lipinski definition) is 2. The Morgan fingerprint density at radius 1 is 0.767 bits per heavy atom. The highest BCUT2D eigenvalue weighted by Crippen LogP contribution is 2.33. The zero-order chi connectivity index (χ0) is 21.1. The number of methoxy groups -OCH3 is 1. The third-order valence-corrected chi connectivity index (χ3v) is 5.63. The largest absolute Gasteiger partial charge is 0.497 e. The van der Waals surface area contributed by atoms with Gasteiger partial charge in [0, 0.05) is 12.1 Å². The minimum Gasteiger partial charge on any atom is -0.497 e. The van der Waals surface area contributed by atoms with Crippen LogP contribution in [0.2, 0.25) is 0 Å². The Morgan fingerprint density at radius 3 is 2.27 bits per heavy atom. The predicted molar refractivity (Wildman–Crippen MR) is 122 cm³/mol. The van der Waals surface area contributed by atoms with E-state index in [-0.39, 0.29) is 17.9 Å². The van der Waals surface area contributed by atoms with E-state index >= 15 is 0 Å². The number of fused-ring (bicyclic) bond motifs is 1. The lowest BCUT2D eigenvalue weighted by Gasteiger charge is -2.22. The van der Waals surface area contributed by atoms with Crippen LogP contribution in [0.3, 0.4) is 0 Å². The normalized spacial score (nSPS) is 13.2. The molecular formula is C27H26FNO. The number of halogens is 1. The van der Waals surface area contributed by atoms with Crippen LogP contribution in [-0.2, 0) is 0 Å². The second kappa shape index (κ2) is 8.68. The van der Waals surface area contributed by atoms with E-state index in [1.54, 1.807) is 7.11 Å². The molecule has 4 aromatic carbocycles. The van der Waals surface area contributed by atoms with Crippen LogP contribution in [0.15, 0.2) is 84.9 Å². The molecule has 152 valence electrons. The van der Waals surface area contributed by atoms with Crippen LogP contribution in [0.25, 0.3) is 21.9 Å². The van der Waals surface area contributed by atoms with Crippen LogP contribution >= 0.6 is 0 Å². The van der Waals surface area contributed by atoms with E-state index in [0.717, 1.165) is 16.9 Å². The van der Waals surface area contributed by atoms with Gasteiger partial charge in [0.15, 0.2) is 0 Å². The van der Waals surface area contributed by atoms with Gasteiger partial charge in [-0.15, -0.1) is 0 Å². The first-order valence-electron chi connectivity index (χ1n) is 10.2. The molecule has 2 nitrogen and oxygen atoms in total. The van der Waals surface area contributed by atoms with Crippen molar-refractivity contribution in [1.29, 1.82) is 0 Å². The summed E-state index contributed by atoms with van der Waals surface area (Å²) in [5.74, 6) is 0.638. The molecule has 0 aliphatic heterocycles. The van der Waals surface area contributed by atoms with Crippen molar-refractivity contribution in [2.24, 2.45) is 0 Å². The summed E-state index contributed by atoms with van der Waals surface area (Å²) >= 11 is 0. The number of rotatable bonds is 6. The lowest BCUT2D eigenvalue weighted by Crippen LogP contribution is -2.22. The fourth-order valence-corrected chi connectivity index (χ4v) is 3.93. The van der Waals surface area contributed by atoms with Gasteiger partial charge in [0.25, 0.3) is 0 Å². The summed E-state index contributed by atoms with van der Waals surface area (Å²) in [5, 5.41) is 6.05. The fraction of sp³-hybridized carbons (Fsp3) is 0.185. The fourth-order valence-electron chi connectivity index (χ4n) is 3.93. The van der Waals surface area contributed by atoms with Crippen molar-refractivity contribution in [1.82, 2.24) is 5.32 Å². The molecule has 4 aromatic rings. The molecule has 0 aromatic heterocycles. The van der Waals surface area contributed by atoms with Gasteiger partial charge in [-0.2, -0.15) is 0 Å². The molecule has 0 radical (unpaired) electrons. The average Bonchev–Trinajstić information content (AvgIpc) is 2.79. The molecule has 2 atom stereocenters. The van der Waals surface area contributed by atoms with Gasteiger partial charge in [-0.05, 0) is 83.3 Å². The molecule has 1 N–H and O–H groups in total. The molecule has 3 heteroatoms. The van der Waals surface area contributed by atoms with E-state index in [0.29, 0.717) is 0 Å². The van der Waals surface area contributed by atoms with Crippen LogP contribution < -0.4 is 10.1 Å². The zero-order valence-corrected chi connectivity index (χ0v) is 17.5. The average molecular weight is 400 g/mol. The van der Waals surface area contributed by atoms with Crippen molar-refractivity contribution in [2.75, 3.05) is 7.11 Å². The SMILES string of the molecule is COc1cccc([C@@H](C)NC(C)c2cc(-c3ccc(F)cc3)c3ccccc3c2)c1. The molecule has 4 rings (SSSR count). The smallest absolute Gasteiger partial charge is 0.123 e. The molecule has 0 spiro atoms. The van der Waals surface area contributed by atoms with E-state index in [2.05, 4.69) is 61.6 Å². The summed E-state index contributed by atoms with van der Waals surface area (Å²) in [6.45, 7) is 4.34. The van der Waals surface area contributed by atoms with Crippen molar-refractivity contribution in [2.45, 2.75) is 25.9 Å². The van der Waals surface area contributed by atoms with Gasteiger partial charge in [-0.25, -0.2) is 4.39 Å². The first-order valence-corrected chi connectivity index (χ1v) is 10.2. The third-order valence-electron chi connectivity index (χ3n) is 5.63. The summed E-state index contributed by atoms with van der Waals surface area (Å²) in [4.78, 5) is 0. The maximum atomic E-state index is 13.5. The molecule has 30 heavy (non-hydrogen) atoms. The number of ether oxygens (including phenoxy) is 1. The minimum atomic E-state index is -0.221. The Bertz CT molecular complexity index is 1150. The molecule has 0 heterocycles. The van der Waals surface area contributed by atoms with E-state index in [1.807, 2.05) is 30.3 Å². The van der Waals surface area contributed by atoms with Crippen LogP contribution in [0.4, 0.5) is 4.39 Å². The standard InChI is InChI=1S/C27H26FNO/c1-18(21-8-6-9-25(16-21)30-3)29-19(2)23-15-22-7-4-5-10-26(22)27(17-23)20-11-13-24(28)14-12-20/h4-19,29H,1-3H3/t18-,19?/m1/s1. The molecule has 0 amide bonds. The van der Waals surface area contributed by atoms with Crippen LogP contribution in [0.1, 0.15) is 37.1 Å². The highest BCUT2D eigenvalue weighted by Gasteiger charge is 2.15. The van der Waals surface area contributed by atoms with E-state index in [9.17, 15) is 4.39 Å². The van der Waals surface area contributed by atoms with E-state index in [1.165, 1.54) is 34.0 Å².